The Labute approximate surface area is 177 Å². The van der Waals surface area contributed by atoms with Crippen molar-refractivity contribution in [1.29, 1.82) is 0 Å². The van der Waals surface area contributed by atoms with E-state index in [0.717, 1.165) is 6.42 Å². The third kappa shape index (κ3) is 4.42. The molecule has 4 aliphatic rings. The Kier molecular flexibility index (Phi) is 6.65. The molecule has 0 radical (unpaired) electrons. The van der Waals surface area contributed by atoms with Crippen LogP contribution in [0.1, 0.15) is 51.4 Å². The number of alkyl halides is 1. The molecular formula is C21H35BrN4O2. The van der Waals surface area contributed by atoms with Gasteiger partial charge in [-0.3, -0.25) is 10.3 Å². The van der Waals surface area contributed by atoms with Crippen molar-refractivity contribution in [3.05, 3.63) is 12.0 Å². The molecule has 2 aliphatic carbocycles. The molecule has 0 aromatic carbocycles. The van der Waals surface area contributed by atoms with Gasteiger partial charge in [0.05, 0.1) is 4.83 Å². The van der Waals surface area contributed by atoms with Gasteiger partial charge in [-0.25, -0.2) is 0 Å². The highest BCUT2D eigenvalue weighted by molar-refractivity contribution is 9.09. The van der Waals surface area contributed by atoms with Crippen molar-refractivity contribution in [2.75, 3.05) is 13.7 Å². The highest BCUT2D eigenvalue weighted by Gasteiger charge is 2.41. The van der Waals surface area contributed by atoms with Gasteiger partial charge in [-0.2, -0.15) is 0 Å². The third-order valence-electron chi connectivity index (χ3n) is 7.34. The van der Waals surface area contributed by atoms with Crippen LogP contribution in [0, 0.1) is 11.8 Å². The molecule has 6 atom stereocenters. The predicted molar refractivity (Wildman–Crippen MR) is 115 cm³/mol. The molecule has 0 spiro atoms. The van der Waals surface area contributed by atoms with Crippen molar-refractivity contribution >= 4 is 22.1 Å². The average molecular weight is 455 g/mol. The standard InChI is InChI=1S/C21H35BrN4O2/c1-26(16-4-2-3-13(9-16)12-27)15-7-5-14(6-8-15)25-21-20(22)17-10-19(23)28-18(17)11-24-21/h10-11,13-18,20-21,25,27H,2-9,12,23H2,1H3. The van der Waals surface area contributed by atoms with Crippen LogP contribution in [0.15, 0.2) is 17.0 Å². The molecule has 7 heteroatoms. The number of hydrogen-bond acceptors (Lipinski definition) is 6. The number of halogens is 1. The van der Waals surface area contributed by atoms with Crippen LogP contribution >= 0.6 is 15.9 Å². The van der Waals surface area contributed by atoms with E-state index in [1.165, 1.54) is 44.9 Å². The van der Waals surface area contributed by atoms with Gasteiger partial charge in [0.15, 0.2) is 5.88 Å². The van der Waals surface area contributed by atoms with Gasteiger partial charge in [-0.05, 0) is 64.0 Å². The van der Waals surface area contributed by atoms with E-state index in [2.05, 4.69) is 33.2 Å². The molecule has 0 aromatic rings. The van der Waals surface area contributed by atoms with E-state index in [1.807, 2.05) is 12.3 Å². The van der Waals surface area contributed by atoms with E-state index < -0.39 is 0 Å². The van der Waals surface area contributed by atoms with E-state index in [9.17, 15) is 5.11 Å². The topological polar surface area (TPSA) is 83.1 Å². The maximum absolute atomic E-state index is 9.52. The summed E-state index contributed by atoms with van der Waals surface area (Å²) in [7, 11) is 2.31. The second-order valence-electron chi connectivity index (χ2n) is 9.12. The van der Waals surface area contributed by atoms with Gasteiger partial charge in [0, 0.05) is 36.9 Å². The predicted octanol–water partition coefficient (Wildman–Crippen LogP) is 2.36. The van der Waals surface area contributed by atoms with Crippen molar-refractivity contribution < 1.29 is 9.84 Å². The smallest absolute Gasteiger partial charge is 0.181 e. The summed E-state index contributed by atoms with van der Waals surface area (Å²) in [6, 6.07) is 1.83. The fraction of sp³-hybridized carbons (Fsp3) is 0.857. The van der Waals surface area contributed by atoms with Gasteiger partial charge in [-0.15, -0.1) is 0 Å². The number of fused-ring (bicyclic) bond motifs is 1. The van der Waals surface area contributed by atoms with Crippen molar-refractivity contribution in [3.8, 4) is 0 Å². The summed E-state index contributed by atoms with van der Waals surface area (Å²) in [6.07, 6.45) is 13.7. The maximum Gasteiger partial charge on any atom is 0.181 e. The first-order valence-corrected chi connectivity index (χ1v) is 11.9. The number of rotatable bonds is 5. The summed E-state index contributed by atoms with van der Waals surface area (Å²) in [5.74, 6) is 1.27. The fourth-order valence-electron chi connectivity index (χ4n) is 5.56. The Hall–Kier alpha value is -0.630. The monoisotopic (exact) mass is 454 g/mol. The normalized spacial score (nSPS) is 43.5. The van der Waals surface area contributed by atoms with Crippen LogP contribution in [0.4, 0.5) is 0 Å². The minimum Gasteiger partial charge on any atom is -0.470 e. The van der Waals surface area contributed by atoms with Crippen LogP contribution < -0.4 is 11.1 Å². The Balaban J connectivity index is 1.26. The number of aliphatic imine (C=N–C) groups is 1. The van der Waals surface area contributed by atoms with Crippen LogP contribution in [0.2, 0.25) is 0 Å². The lowest BCUT2D eigenvalue weighted by atomic mass is 9.83. The summed E-state index contributed by atoms with van der Waals surface area (Å²) >= 11 is 3.83. The third-order valence-corrected chi connectivity index (χ3v) is 8.45. The average Bonchev–Trinajstić information content (AvgIpc) is 3.11. The van der Waals surface area contributed by atoms with E-state index in [4.69, 9.17) is 15.5 Å². The highest BCUT2D eigenvalue weighted by Crippen LogP contribution is 2.35. The minimum atomic E-state index is -0.0231. The lowest BCUT2D eigenvalue weighted by molar-refractivity contribution is 0.0695. The lowest BCUT2D eigenvalue weighted by Crippen LogP contribution is -2.52. The van der Waals surface area contributed by atoms with Crippen LogP contribution in [-0.4, -0.2) is 65.1 Å². The molecule has 0 bridgehead atoms. The van der Waals surface area contributed by atoms with Gasteiger partial charge >= 0.3 is 0 Å². The second-order valence-corrected chi connectivity index (χ2v) is 10.2. The van der Waals surface area contributed by atoms with Gasteiger partial charge < -0.3 is 20.5 Å². The molecule has 6 nitrogen and oxygen atoms in total. The van der Waals surface area contributed by atoms with Crippen molar-refractivity contribution in [2.24, 2.45) is 22.6 Å². The molecule has 158 valence electrons. The summed E-state index contributed by atoms with van der Waals surface area (Å²) in [5.41, 5.74) is 5.83. The van der Waals surface area contributed by atoms with Crippen molar-refractivity contribution in [1.82, 2.24) is 10.2 Å². The van der Waals surface area contributed by atoms with Crippen LogP contribution in [0.3, 0.4) is 0 Å². The molecule has 4 N–H and O–H groups in total. The number of ether oxygens (including phenoxy) is 1. The highest BCUT2D eigenvalue weighted by atomic mass is 79.9. The quantitative estimate of drug-likeness (QED) is 0.555. The SMILES string of the molecule is CN(C1CCC(NC2N=CC3OC(N)=CC3C2Br)CC1)C1CCCC(CO)C1. The molecule has 0 amide bonds. The number of nitrogens with zero attached hydrogens (tertiary/aromatic N) is 2. The number of aliphatic hydroxyl groups excluding tert-OH is 1. The first kappa shape index (κ1) is 20.6. The molecular weight excluding hydrogens is 420 g/mol. The summed E-state index contributed by atoms with van der Waals surface area (Å²) in [5, 5.41) is 13.3. The zero-order valence-electron chi connectivity index (χ0n) is 16.8. The van der Waals surface area contributed by atoms with Crippen LogP contribution in [-0.2, 0) is 4.74 Å². The maximum atomic E-state index is 9.52. The molecule has 6 unspecified atom stereocenters. The molecule has 28 heavy (non-hydrogen) atoms. The Morgan fingerprint density at radius 3 is 2.79 bits per heavy atom. The largest absolute Gasteiger partial charge is 0.470 e. The van der Waals surface area contributed by atoms with Crippen molar-refractivity contribution in [2.45, 2.75) is 86.6 Å². The van der Waals surface area contributed by atoms with Gasteiger partial charge in [0.2, 0.25) is 0 Å². The first-order chi connectivity index (χ1) is 13.5. The van der Waals surface area contributed by atoms with Crippen LogP contribution in [0.25, 0.3) is 0 Å². The van der Waals surface area contributed by atoms with E-state index >= 15 is 0 Å². The number of nitrogens with two attached hydrogens (primary N) is 1. The fourth-order valence-corrected chi connectivity index (χ4v) is 6.30. The summed E-state index contributed by atoms with van der Waals surface area (Å²) < 4.78 is 5.60. The van der Waals surface area contributed by atoms with Crippen molar-refractivity contribution in [3.63, 3.8) is 0 Å². The molecule has 4 rings (SSSR count). The Bertz CT molecular complexity index is 593. The molecule has 2 aliphatic heterocycles. The minimum absolute atomic E-state index is 0.0231. The molecule has 2 saturated carbocycles. The van der Waals surface area contributed by atoms with Crippen LogP contribution in [0.5, 0.6) is 0 Å². The first-order valence-electron chi connectivity index (χ1n) is 10.9. The molecule has 2 heterocycles. The number of hydrogen-bond donors (Lipinski definition) is 3. The van der Waals surface area contributed by atoms with E-state index in [-0.39, 0.29) is 23.0 Å². The van der Waals surface area contributed by atoms with Gasteiger partial charge in [0.1, 0.15) is 12.3 Å². The molecule has 0 saturated heterocycles. The lowest BCUT2D eigenvalue weighted by Gasteiger charge is -2.43. The zero-order chi connectivity index (χ0) is 19.7. The summed E-state index contributed by atoms with van der Waals surface area (Å²) in [6.45, 7) is 0.352. The Morgan fingerprint density at radius 1 is 1.25 bits per heavy atom. The molecule has 2 fully saturated rings. The van der Waals surface area contributed by atoms with Gasteiger partial charge in [-0.1, -0.05) is 22.4 Å². The van der Waals surface area contributed by atoms with E-state index in [0.29, 0.717) is 36.5 Å². The number of aliphatic hydroxyl groups is 1. The summed E-state index contributed by atoms with van der Waals surface area (Å²) in [4.78, 5) is 7.53. The van der Waals surface area contributed by atoms with E-state index in [1.54, 1.807) is 0 Å². The van der Waals surface area contributed by atoms with Gasteiger partial charge in [0.25, 0.3) is 0 Å². The number of nitrogens with one attached hydrogen (secondary N) is 1. The zero-order valence-corrected chi connectivity index (χ0v) is 18.4. The second kappa shape index (κ2) is 9.02. The molecule has 0 aromatic heterocycles. The Morgan fingerprint density at radius 2 is 2.04 bits per heavy atom.